The number of carbonyl (C=O) groups excluding carboxylic acids is 1. The normalized spacial score (nSPS) is 15.6. The molecule has 92 valence electrons. The van der Waals surface area contributed by atoms with Crippen molar-refractivity contribution in [1.82, 2.24) is 9.88 Å². The van der Waals surface area contributed by atoms with Crippen LogP contribution in [0.25, 0.3) is 0 Å². The highest BCUT2D eigenvalue weighted by Crippen LogP contribution is 2.25. The molecule has 9 heteroatoms. The third-order valence-corrected chi connectivity index (χ3v) is 3.05. The summed E-state index contributed by atoms with van der Waals surface area (Å²) >= 11 is 0.833. The number of nitrogens with one attached hydrogen (secondary N) is 1. The Bertz CT molecular complexity index is 429. The summed E-state index contributed by atoms with van der Waals surface area (Å²) in [6.07, 6.45) is 1.12. The lowest BCUT2D eigenvalue weighted by molar-refractivity contribution is -0.380. The van der Waals surface area contributed by atoms with Crippen molar-refractivity contribution in [3.05, 3.63) is 16.3 Å². The third-order valence-electron chi connectivity index (χ3n) is 2.19. The first-order valence-corrected chi connectivity index (χ1v) is 5.72. The summed E-state index contributed by atoms with van der Waals surface area (Å²) in [5.74, 6) is 0. The molecule has 1 N–H and O–H groups in total. The van der Waals surface area contributed by atoms with Gasteiger partial charge in [-0.25, -0.2) is 9.78 Å². The maximum absolute atomic E-state index is 11.7. The van der Waals surface area contributed by atoms with Gasteiger partial charge in [0.1, 0.15) is 6.20 Å². The lowest BCUT2D eigenvalue weighted by Gasteiger charge is -2.26. The van der Waals surface area contributed by atoms with E-state index in [-0.39, 0.29) is 16.2 Å². The van der Waals surface area contributed by atoms with E-state index in [0.717, 1.165) is 17.5 Å². The molecule has 1 aliphatic rings. The molecular weight excluding hydrogens is 248 g/mol. The molecule has 0 bridgehead atoms. The number of thiazole rings is 1. The van der Waals surface area contributed by atoms with E-state index in [1.54, 1.807) is 4.90 Å². The SMILES string of the molecule is O=C(Nc1ncc([N+](=O)[O-])s1)N1CCOCC1. The Labute approximate surface area is 100 Å². The van der Waals surface area contributed by atoms with Crippen molar-refractivity contribution < 1.29 is 14.5 Å². The number of ether oxygens (including phenoxy) is 1. The molecule has 1 saturated heterocycles. The summed E-state index contributed by atoms with van der Waals surface area (Å²) in [7, 11) is 0. The highest BCUT2D eigenvalue weighted by molar-refractivity contribution is 7.18. The molecule has 2 amide bonds. The van der Waals surface area contributed by atoms with Gasteiger partial charge >= 0.3 is 11.0 Å². The van der Waals surface area contributed by atoms with E-state index in [2.05, 4.69) is 10.3 Å². The number of rotatable bonds is 2. The Balaban J connectivity index is 1.94. The van der Waals surface area contributed by atoms with Crippen molar-refractivity contribution in [2.75, 3.05) is 31.6 Å². The highest BCUT2D eigenvalue weighted by Gasteiger charge is 2.19. The molecule has 0 atom stereocenters. The monoisotopic (exact) mass is 258 g/mol. The Morgan fingerprint density at radius 1 is 1.59 bits per heavy atom. The fourth-order valence-corrected chi connectivity index (χ4v) is 1.97. The molecule has 8 nitrogen and oxygen atoms in total. The number of anilines is 1. The van der Waals surface area contributed by atoms with Crippen LogP contribution in [-0.4, -0.2) is 47.1 Å². The van der Waals surface area contributed by atoms with Gasteiger partial charge in [0.25, 0.3) is 0 Å². The van der Waals surface area contributed by atoms with Crippen molar-refractivity contribution in [3.8, 4) is 0 Å². The number of aromatic nitrogens is 1. The quantitative estimate of drug-likeness (QED) is 0.628. The molecule has 2 rings (SSSR count). The Hall–Kier alpha value is -1.74. The van der Waals surface area contributed by atoms with E-state index in [1.165, 1.54) is 0 Å². The van der Waals surface area contributed by atoms with E-state index in [4.69, 9.17) is 4.74 Å². The van der Waals surface area contributed by atoms with E-state index in [0.29, 0.717) is 26.3 Å². The van der Waals surface area contributed by atoms with Crippen molar-refractivity contribution in [2.45, 2.75) is 0 Å². The lowest BCUT2D eigenvalue weighted by atomic mass is 10.4. The highest BCUT2D eigenvalue weighted by atomic mass is 32.1. The van der Waals surface area contributed by atoms with E-state index in [1.807, 2.05) is 0 Å². The second-order valence-corrected chi connectivity index (χ2v) is 4.30. The zero-order valence-electron chi connectivity index (χ0n) is 8.79. The second kappa shape index (κ2) is 5.06. The van der Waals surface area contributed by atoms with Gasteiger partial charge in [-0.1, -0.05) is 0 Å². The minimum absolute atomic E-state index is 0.0951. The molecule has 0 spiro atoms. The van der Waals surface area contributed by atoms with Crippen LogP contribution in [0.2, 0.25) is 0 Å². The van der Waals surface area contributed by atoms with Gasteiger partial charge < -0.3 is 9.64 Å². The standard InChI is InChI=1S/C8H10N4O4S/c13-8(11-1-3-16-4-2-11)10-7-9-5-6(17-7)12(14)15/h5H,1-4H2,(H,9,10,13). The van der Waals surface area contributed by atoms with Crippen molar-refractivity contribution in [3.63, 3.8) is 0 Å². The summed E-state index contributed by atoms with van der Waals surface area (Å²) in [5, 5.41) is 13.1. The number of carbonyl (C=O) groups is 1. The van der Waals surface area contributed by atoms with Crippen LogP contribution >= 0.6 is 11.3 Å². The summed E-state index contributed by atoms with van der Waals surface area (Å²) in [6, 6.07) is -0.308. The average Bonchev–Trinajstić information content (AvgIpc) is 2.79. The Kier molecular flexibility index (Phi) is 3.49. The predicted molar refractivity (Wildman–Crippen MR) is 60.2 cm³/mol. The summed E-state index contributed by atoms with van der Waals surface area (Å²) in [6.45, 7) is 2.04. The smallest absolute Gasteiger partial charge is 0.345 e. The molecule has 1 aromatic rings. The van der Waals surface area contributed by atoms with Crippen LogP contribution in [-0.2, 0) is 4.74 Å². The molecule has 0 aliphatic carbocycles. The van der Waals surface area contributed by atoms with E-state index < -0.39 is 4.92 Å². The van der Waals surface area contributed by atoms with Gasteiger partial charge in [-0.15, -0.1) is 0 Å². The van der Waals surface area contributed by atoms with Crippen LogP contribution in [0.4, 0.5) is 14.9 Å². The molecule has 17 heavy (non-hydrogen) atoms. The number of hydrogen-bond acceptors (Lipinski definition) is 6. The van der Waals surface area contributed by atoms with E-state index >= 15 is 0 Å². The topological polar surface area (TPSA) is 97.6 Å². The van der Waals surface area contributed by atoms with Gasteiger partial charge in [0.15, 0.2) is 5.13 Å². The molecule has 0 saturated carbocycles. The van der Waals surface area contributed by atoms with Crippen molar-refractivity contribution >= 4 is 27.5 Å². The number of hydrogen-bond donors (Lipinski definition) is 1. The van der Waals surface area contributed by atoms with Gasteiger partial charge in [-0.05, 0) is 11.3 Å². The van der Waals surface area contributed by atoms with Crippen LogP contribution < -0.4 is 5.32 Å². The fraction of sp³-hybridized carbons (Fsp3) is 0.500. The summed E-state index contributed by atoms with van der Waals surface area (Å²) in [4.78, 5) is 26.9. The maximum Gasteiger partial charge on any atom is 0.345 e. The largest absolute Gasteiger partial charge is 0.378 e. The van der Waals surface area contributed by atoms with Crippen molar-refractivity contribution in [2.24, 2.45) is 0 Å². The summed E-state index contributed by atoms with van der Waals surface area (Å²) in [5.41, 5.74) is 0. The van der Waals surface area contributed by atoms with Gasteiger partial charge in [0, 0.05) is 13.1 Å². The molecule has 1 fully saturated rings. The third kappa shape index (κ3) is 2.88. The number of morpholine rings is 1. The molecule has 2 heterocycles. The molecule has 0 unspecified atom stereocenters. The number of nitrogens with zero attached hydrogens (tertiary/aromatic N) is 3. The Morgan fingerprint density at radius 3 is 2.88 bits per heavy atom. The second-order valence-electron chi connectivity index (χ2n) is 3.29. The Morgan fingerprint density at radius 2 is 2.29 bits per heavy atom. The predicted octanol–water partition coefficient (Wildman–Crippen LogP) is 0.915. The molecule has 1 aromatic heterocycles. The zero-order chi connectivity index (χ0) is 12.3. The average molecular weight is 258 g/mol. The zero-order valence-corrected chi connectivity index (χ0v) is 9.61. The first-order valence-electron chi connectivity index (χ1n) is 4.91. The number of urea groups is 1. The molecule has 0 radical (unpaired) electrons. The van der Waals surface area contributed by atoms with Crippen LogP contribution in [0.5, 0.6) is 0 Å². The van der Waals surface area contributed by atoms with Crippen molar-refractivity contribution in [1.29, 1.82) is 0 Å². The van der Waals surface area contributed by atoms with E-state index in [9.17, 15) is 14.9 Å². The molecular formula is C8H10N4O4S. The van der Waals surface area contributed by atoms with Gasteiger partial charge in [0.2, 0.25) is 0 Å². The van der Waals surface area contributed by atoms with Gasteiger partial charge in [-0.2, -0.15) is 0 Å². The maximum atomic E-state index is 11.7. The fourth-order valence-electron chi connectivity index (χ4n) is 1.34. The number of nitro groups is 1. The van der Waals surface area contributed by atoms with Gasteiger partial charge in [-0.3, -0.25) is 15.4 Å². The van der Waals surface area contributed by atoms with Crippen LogP contribution in [0.15, 0.2) is 6.20 Å². The first-order chi connectivity index (χ1) is 8.16. The van der Waals surface area contributed by atoms with Crippen LogP contribution in [0, 0.1) is 10.1 Å². The summed E-state index contributed by atoms with van der Waals surface area (Å²) < 4.78 is 5.11. The van der Waals surface area contributed by atoms with Gasteiger partial charge in [0.05, 0.1) is 18.1 Å². The minimum atomic E-state index is -0.540. The van der Waals surface area contributed by atoms with Crippen LogP contribution in [0.1, 0.15) is 0 Å². The van der Waals surface area contributed by atoms with Crippen LogP contribution in [0.3, 0.4) is 0 Å². The molecule has 1 aliphatic heterocycles. The first kappa shape index (κ1) is 11.7. The molecule has 0 aromatic carbocycles. The lowest BCUT2D eigenvalue weighted by Crippen LogP contribution is -2.43. The minimum Gasteiger partial charge on any atom is -0.378 e. The number of amides is 2.